The highest BCUT2D eigenvalue weighted by atomic mass is 32.1. The normalized spacial score (nSPS) is 12.8. The Kier molecular flexibility index (Phi) is 6.61. The second kappa shape index (κ2) is 8.68. The average molecular weight is 346 g/mol. The Bertz CT molecular complexity index is 678. The molecule has 6 heteroatoms. The van der Waals surface area contributed by atoms with Crippen molar-refractivity contribution in [1.29, 1.82) is 0 Å². The molecule has 1 atom stereocenters. The Balaban J connectivity index is 1.91. The van der Waals surface area contributed by atoms with Crippen molar-refractivity contribution in [3.63, 3.8) is 0 Å². The lowest BCUT2D eigenvalue weighted by Crippen LogP contribution is -2.42. The molecule has 24 heavy (non-hydrogen) atoms. The number of hydrogen-bond donors (Lipinski definition) is 2. The van der Waals surface area contributed by atoms with Crippen LogP contribution in [-0.2, 0) is 13.0 Å². The van der Waals surface area contributed by atoms with Crippen LogP contribution in [0, 0.1) is 6.92 Å². The molecule has 2 N–H and O–H groups in total. The first-order chi connectivity index (χ1) is 11.5. The summed E-state index contributed by atoms with van der Waals surface area (Å²) < 4.78 is 0. The van der Waals surface area contributed by atoms with Gasteiger partial charge >= 0.3 is 0 Å². The van der Waals surface area contributed by atoms with Crippen molar-refractivity contribution in [3.05, 3.63) is 45.8 Å². The third-order valence-electron chi connectivity index (χ3n) is 3.65. The van der Waals surface area contributed by atoms with Gasteiger partial charge in [0.15, 0.2) is 5.96 Å². The predicted octanol–water partition coefficient (Wildman–Crippen LogP) is 2.81. The van der Waals surface area contributed by atoms with Crippen LogP contribution in [0.25, 0.3) is 0 Å². The van der Waals surface area contributed by atoms with E-state index in [1.54, 1.807) is 7.05 Å². The number of thiophene rings is 1. The van der Waals surface area contributed by atoms with Crippen LogP contribution in [0.4, 0.5) is 5.82 Å². The van der Waals surface area contributed by atoms with Crippen LogP contribution in [0.2, 0.25) is 0 Å². The zero-order valence-corrected chi connectivity index (χ0v) is 15.9. The number of aryl methyl sites for hydroxylation is 1. The summed E-state index contributed by atoms with van der Waals surface area (Å²) in [5, 5.41) is 6.83. The van der Waals surface area contributed by atoms with E-state index in [2.05, 4.69) is 52.7 Å². The van der Waals surface area contributed by atoms with E-state index < -0.39 is 0 Å². The van der Waals surface area contributed by atoms with Gasteiger partial charge in [0.25, 0.3) is 0 Å². The Labute approximate surface area is 148 Å². The van der Waals surface area contributed by atoms with Crippen LogP contribution in [0.5, 0.6) is 0 Å². The van der Waals surface area contributed by atoms with Crippen LogP contribution >= 0.6 is 11.3 Å². The molecule has 2 rings (SSSR count). The zero-order chi connectivity index (χ0) is 17.5. The fourth-order valence-corrected chi connectivity index (χ4v) is 3.54. The molecule has 0 spiro atoms. The second-order valence-electron chi connectivity index (χ2n) is 6.07. The summed E-state index contributed by atoms with van der Waals surface area (Å²) in [4.78, 5) is 13.5. The number of nitrogens with zero attached hydrogens (tertiary/aromatic N) is 3. The number of nitrogens with one attached hydrogen (secondary N) is 2. The van der Waals surface area contributed by atoms with Crippen molar-refractivity contribution in [2.75, 3.05) is 26.0 Å². The topological polar surface area (TPSA) is 52.6 Å². The highest BCUT2D eigenvalue weighted by Crippen LogP contribution is 2.17. The molecule has 0 bridgehead atoms. The molecule has 0 aliphatic rings. The van der Waals surface area contributed by atoms with Gasteiger partial charge in [-0.1, -0.05) is 6.07 Å². The maximum Gasteiger partial charge on any atom is 0.191 e. The van der Waals surface area contributed by atoms with Gasteiger partial charge in [-0.2, -0.15) is 0 Å². The smallest absolute Gasteiger partial charge is 0.191 e. The maximum absolute atomic E-state index is 4.43. The minimum absolute atomic E-state index is 0.316. The molecule has 2 heterocycles. The maximum atomic E-state index is 4.43. The van der Waals surface area contributed by atoms with Crippen LogP contribution in [0.1, 0.15) is 22.2 Å². The minimum atomic E-state index is 0.316. The number of rotatable bonds is 6. The first-order valence-corrected chi connectivity index (χ1v) is 8.95. The van der Waals surface area contributed by atoms with Crippen molar-refractivity contribution in [2.24, 2.45) is 4.99 Å². The number of guanidine groups is 1. The first-order valence-electron chi connectivity index (χ1n) is 8.13. The Morgan fingerprint density at radius 2 is 2.12 bits per heavy atom. The highest BCUT2D eigenvalue weighted by molar-refractivity contribution is 7.11. The number of aromatic nitrogens is 1. The van der Waals surface area contributed by atoms with Gasteiger partial charge in [-0.25, -0.2) is 4.98 Å². The number of hydrogen-bond acceptors (Lipinski definition) is 4. The minimum Gasteiger partial charge on any atom is -0.362 e. The van der Waals surface area contributed by atoms with E-state index in [1.165, 1.54) is 9.75 Å². The molecule has 0 aliphatic heterocycles. The molecule has 0 aromatic carbocycles. The molecular weight excluding hydrogens is 318 g/mol. The molecule has 5 nitrogen and oxygen atoms in total. The van der Waals surface area contributed by atoms with Crippen LogP contribution in [0.3, 0.4) is 0 Å². The molecule has 0 aliphatic carbocycles. The van der Waals surface area contributed by atoms with E-state index in [0.29, 0.717) is 12.6 Å². The Morgan fingerprint density at radius 1 is 1.33 bits per heavy atom. The summed E-state index contributed by atoms with van der Waals surface area (Å²) in [6.45, 7) is 5.01. The summed E-state index contributed by atoms with van der Waals surface area (Å²) in [5.74, 6) is 1.78. The van der Waals surface area contributed by atoms with E-state index in [0.717, 1.165) is 23.8 Å². The summed E-state index contributed by atoms with van der Waals surface area (Å²) in [6.07, 6.45) is 2.81. The molecule has 2 aromatic rings. The van der Waals surface area contributed by atoms with Gasteiger partial charge in [-0.15, -0.1) is 11.3 Å². The monoisotopic (exact) mass is 345 g/mol. The van der Waals surface area contributed by atoms with Gasteiger partial charge in [0.1, 0.15) is 5.82 Å². The van der Waals surface area contributed by atoms with Gasteiger partial charge < -0.3 is 15.5 Å². The summed E-state index contributed by atoms with van der Waals surface area (Å²) in [7, 11) is 5.81. The van der Waals surface area contributed by atoms with Gasteiger partial charge in [0, 0.05) is 61.7 Å². The Hall–Kier alpha value is -2.08. The summed E-state index contributed by atoms with van der Waals surface area (Å²) >= 11 is 1.85. The largest absolute Gasteiger partial charge is 0.362 e. The predicted molar refractivity (Wildman–Crippen MR) is 104 cm³/mol. The summed E-state index contributed by atoms with van der Waals surface area (Å²) in [5.41, 5.74) is 1.15. The standard InChI is InChI=1S/C18H27N5S/c1-13(11-16-9-8-14(2)24-16)22-18(19-3)21-12-15-7-6-10-20-17(15)23(4)5/h6-10,13H,11-12H2,1-5H3,(H2,19,21,22). The van der Waals surface area contributed by atoms with E-state index in [9.17, 15) is 0 Å². The molecule has 0 fully saturated rings. The SMILES string of the molecule is CN=C(NCc1cccnc1N(C)C)NC(C)Cc1ccc(C)s1. The van der Waals surface area contributed by atoms with Gasteiger partial charge in [-0.05, 0) is 32.0 Å². The van der Waals surface area contributed by atoms with Gasteiger partial charge in [0.2, 0.25) is 0 Å². The molecular formula is C18H27N5S. The molecule has 0 radical (unpaired) electrons. The first kappa shape index (κ1) is 18.3. The molecule has 130 valence electrons. The third kappa shape index (κ3) is 5.23. The average Bonchev–Trinajstić information content (AvgIpc) is 2.96. The molecule has 1 unspecified atom stereocenters. The molecule has 0 saturated carbocycles. The van der Waals surface area contributed by atoms with Crippen LogP contribution in [0.15, 0.2) is 35.5 Å². The van der Waals surface area contributed by atoms with Crippen molar-refractivity contribution >= 4 is 23.1 Å². The number of pyridine rings is 1. The Morgan fingerprint density at radius 3 is 2.75 bits per heavy atom. The molecule has 0 saturated heterocycles. The van der Waals surface area contributed by atoms with Gasteiger partial charge in [0.05, 0.1) is 0 Å². The fourth-order valence-electron chi connectivity index (χ4n) is 2.53. The van der Waals surface area contributed by atoms with Crippen molar-refractivity contribution in [2.45, 2.75) is 32.9 Å². The van der Waals surface area contributed by atoms with Crippen molar-refractivity contribution in [3.8, 4) is 0 Å². The highest BCUT2D eigenvalue weighted by Gasteiger charge is 2.09. The van der Waals surface area contributed by atoms with Crippen LogP contribution < -0.4 is 15.5 Å². The lowest BCUT2D eigenvalue weighted by molar-refractivity contribution is 0.644. The lowest BCUT2D eigenvalue weighted by atomic mass is 10.2. The molecule has 2 aromatic heterocycles. The quantitative estimate of drug-likeness (QED) is 0.624. The van der Waals surface area contributed by atoms with Gasteiger partial charge in [-0.3, -0.25) is 4.99 Å². The number of aliphatic imine (C=N–C) groups is 1. The third-order valence-corrected chi connectivity index (χ3v) is 4.67. The van der Waals surface area contributed by atoms with E-state index in [-0.39, 0.29) is 0 Å². The lowest BCUT2D eigenvalue weighted by Gasteiger charge is -2.19. The number of anilines is 1. The molecule has 0 amide bonds. The fraction of sp³-hybridized carbons (Fsp3) is 0.444. The van der Waals surface area contributed by atoms with E-state index in [4.69, 9.17) is 0 Å². The van der Waals surface area contributed by atoms with Crippen LogP contribution in [-0.4, -0.2) is 38.1 Å². The summed E-state index contributed by atoms with van der Waals surface area (Å²) in [6, 6.07) is 8.73. The van der Waals surface area contributed by atoms with Crippen molar-refractivity contribution in [1.82, 2.24) is 15.6 Å². The zero-order valence-electron chi connectivity index (χ0n) is 15.1. The van der Waals surface area contributed by atoms with Crippen molar-refractivity contribution < 1.29 is 0 Å². The van der Waals surface area contributed by atoms with E-state index in [1.807, 2.05) is 42.6 Å². The second-order valence-corrected chi connectivity index (χ2v) is 7.44. The van der Waals surface area contributed by atoms with E-state index >= 15 is 0 Å².